The molecule has 1 atom stereocenters. The summed E-state index contributed by atoms with van der Waals surface area (Å²) < 4.78 is 5.40. The molecular weight excluding hydrogens is 246 g/mol. The van der Waals surface area contributed by atoms with Crippen molar-refractivity contribution < 1.29 is 4.74 Å². The second-order valence-electron chi connectivity index (χ2n) is 6.38. The number of methoxy groups -OCH3 is 1. The molecule has 112 valence electrons. The molecule has 0 bridgehead atoms. The Hall–Kier alpha value is -1.02. The van der Waals surface area contributed by atoms with Gasteiger partial charge in [-0.25, -0.2) is 0 Å². The van der Waals surface area contributed by atoms with Crippen LogP contribution in [0.4, 0.5) is 0 Å². The second-order valence-corrected chi connectivity index (χ2v) is 6.38. The van der Waals surface area contributed by atoms with Gasteiger partial charge in [0.15, 0.2) is 0 Å². The standard InChI is InChI=1S/C18H29NO/c1-4-13-19-17(18(2)11-6-5-7-12-18)15-9-8-10-16(14-15)20-3/h8-10,14,17,19H,4-7,11-13H2,1-3H3. The third kappa shape index (κ3) is 3.54. The Labute approximate surface area is 123 Å². The Morgan fingerprint density at radius 2 is 2.00 bits per heavy atom. The zero-order valence-electron chi connectivity index (χ0n) is 13.2. The van der Waals surface area contributed by atoms with Crippen molar-refractivity contribution in [3.63, 3.8) is 0 Å². The van der Waals surface area contributed by atoms with Gasteiger partial charge in [0.25, 0.3) is 0 Å². The zero-order valence-corrected chi connectivity index (χ0v) is 13.2. The van der Waals surface area contributed by atoms with E-state index in [0.717, 1.165) is 12.3 Å². The summed E-state index contributed by atoms with van der Waals surface area (Å²) in [5, 5.41) is 3.79. The van der Waals surface area contributed by atoms with Crippen molar-refractivity contribution in [1.82, 2.24) is 5.32 Å². The molecule has 1 N–H and O–H groups in total. The molecule has 0 aliphatic heterocycles. The third-order valence-electron chi connectivity index (χ3n) is 4.72. The van der Waals surface area contributed by atoms with Gasteiger partial charge in [-0.15, -0.1) is 0 Å². The van der Waals surface area contributed by atoms with E-state index in [4.69, 9.17) is 4.74 Å². The van der Waals surface area contributed by atoms with Crippen molar-refractivity contribution in [2.45, 2.75) is 58.4 Å². The van der Waals surface area contributed by atoms with E-state index in [9.17, 15) is 0 Å². The number of nitrogens with one attached hydrogen (secondary N) is 1. The lowest BCUT2D eigenvalue weighted by atomic mass is 9.68. The Morgan fingerprint density at radius 3 is 2.65 bits per heavy atom. The number of benzene rings is 1. The van der Waals surface area contributed by atoms with Crippen LogP contribution in [0.5, 0.6) is 5.75 Å². The van der Waals surface area contributed by atoms with Gasteiger partial charge in [0.1, 0.15) is 5.75 Å². The topological polar surface area (TPSA) is 21.3 Å². The quantitative estimate of drug-likeness (QED) is 0.812. The second kappa shape index (κ2) is 7.12. The molecule has 1 aromatic rings. The molecule has 1 fully saturated rings. The smallest absolute Gasteiger partial charge is 0.119 e. The van der Waals surface area contributed by atoms with Crippen LogP contribution in [-0.4, -0.2) is 13.7 Å². The predicted molar refractivity (Wildman–Crippen MR) is 85.2 cm³/mol. The van der Waals surface area contributed by atoms with E-state index in [2.05, 4.69) is 37.4 Å². The summed E-state index contributed by atoms with van der Waals surface area (Å²) in [6.07, 6.45) is 7.96. The first-order valence-electron chi connectivity index (χ1n) is 8.07. The normalized spacial score (nSPS) is 19.6. The van der Waals surface area contributed by atoms with E-state index in [1.165, 1.54) is 44.1 Å². The lowest BCUT2D eigenvalue weighted by Crippen LogP contribution is -2.38. The summed E-state index contributed by atoms with van der Waals surface area (Å²) in [5.74, 6) is 0.963. The Kier molecular flexibility index (Phi) is 5.47. The molecule has 0 saturated heterocycles. The zero-order chi connectivity index (χ0) is 14.4. The van der Waals surface area contributed by atoms with Crippen molar-refractivity contribution in [1.29, 1.82) is 0 Å². The van der Waals surface area contributed by atoms with Crippen LogP contribution in [0.2, 0.25) is 0 Å². The first kappa shape index (κ1) is 15.4. The molecule has 0 aromatic heterocycles. The Balaban J connectivity index is 2.25. The summed E-state index contributed by atoms with van der Waals surface area (Å²) in [7, 11) is 1.75. The number of ether oxygens (including phenoxy) is 1. The summed E-state index contributed by atoms with van der Waals surface area (Å²) in [4.78, 5) is 0. The van der Waals surface area contributed by atoms with Gasteiger partial charge >= 0.3 is 0 Å². The summed E-state index contributed by atoms with van der Waals surface area (Å²) in [6, 6.07) is 9.03. The average molecular weight is 275 g/mol. The van der Waals surface area contributed by atoms with Crippen LogP contribution in [0.15, 0.2) is 24.3 Å². The third-order valence-corrected chi connectivity index (χ3v) is 4.72. The first-order chi connectivity index (χ1) is 9.69. The molecule has 0 radical (unpaired) electrons. The van der Waals surface area contributed by atoms with Gasteiger partial charge in [0.2, 0.25) is 0 Å². The summed E-state index contributed by atoms with van der Waals surface area (Å²) >= 11 is 0. The number of hydrogen-bond acceptors (Lipinski definition) is 2. The SMILES string of the molecule is CCCNC(c1cccc(OC)c1)C1(C)CCCCC1. The average Bonchev–Trinajstić information content (AvgIpc) is 2.48. The van der Waals surface area contributed by atoms with Gasteiger partial charge in [-0.1, -0.05) is 45.2 Å². The van der Waals surface area contributed by atoms with Crippen LogP contribution < -0.4 is 10.1 Å². The van der Waals surface area contributed by atoms with E-state index in [1.807, 2.05) is 6.07 Å². The van der Waals surface area contributed by atoms with Crippen molar-refractivity contribution in [3.8, 4) is 5.75 Å². The minimum Gasteiger partial charge on any atom is -0.497 e. The predicted octanol–water partition coefficient (Wildman–Crippen LogP) is 4.71. The van der Waals surface area contributed by atoms with E-state index in [1.54, 1.807) is 7.11 Å². The molecule has 1 aromatic carbocycles. The largest absolute Gasteiger partial charge is 0.497 e. The molecule has 1 unspecified atom stereocenters. The van der Waals surface area contributed by atoms with Crippen molar-refractivity contribution in [2.75, 3.05) is 13.7 Å². The molecule has 2 nitrogen and oxygen atoms in total. The Bertz CT molecular complexity index is 410. The molecule has 2 heteroatoms. The highest BCUT2D eigenvalue weighted by Crippen LogP contribution is 2.46. The fourth-order valence-electron chi connectivity index (χ4n) is 3.52. The molecule has 1 aliphatic rings. The molecule has 0 spiro atoms. The van der Waals surface area contributed by atoms with Crippen LogP contribution in [0.3, 0.4) is 0 Å². The van der Waals surface area contributed by atoms with Crippen LogP contribution in [0.1, 0.15) is 64.0 Å². The molecule has 1 aliphatic carbocycles. The fraction of sp³-hybridized carbons (Fsp3) is 0.667. The van der Waals surface area contributed by atoms with Crippen LogP contribution >= 0.6 is 0 Å². The maximum Gasteiger partial charge on any atom is 0.119 e. The van der Waals surface area contributed by atoms with E-state index >= 15 is 0 Å². The van der Waals surface area contributed by atoms with Crippen molar-refractivity contribution in [2.24, 2.45) is 5.41 Å². The Morgan fingerprint density at radius 1 is 1.25 bits per heavy atom. The fourth-order valence-corrected chi connectivity index (χ4v) is 3.52. The van der Waals surface area contributed by atoms with E-state index < -0.39 is 0 Å². The lowest BCUT2D eigenvalue weighted by Gasteiger charge is -2.41. The van der Waals surface area contributed by atoms with Gasteiger partial charge in [0.05, 0.1) is 7.11 Å². The summed E-state index contributed by atoms with van der Waals surface area (Å²) in [5.41, 5.74) is 1.75. The maximum absolute atomic E-state index is 5.40. The number of hydrogen-bond donors (Lipinski definition) is 1. The van der Waals surface area contributed by atoms with Crippen LogP contribution in [0.25, 0.3) is 0 Å². The highest BCUT2D eigenvalue weighted by atomic mass is 16.5. The lowest BCUT2D eigenvalue weighted by molar-refractivity contribution is 0.144. The van der Waals surface area contributed by atoms with Crippen LogP contribution in [-0.2, 0) is 0 Å². The highest BCUT2D eigenvalue weighted by molar-refractivity contribution is 5.31. The minimum atomic E-state index is 0.375. The molecular formula is C18H29NO. The van der Waals surface area contributed by atoms with E-state index in [-0.39, 0.29) is 0 Å². The highest BCUT2D eigenvalue weighted by Gasteiger charge is 2.36. The van der Waals surface area contributed by atoms with Gasteiger partial charge in [-0.3, -0.25) is 0 Å². The first-order valence-corrected chi connectivity index (χ1v) is 8.07. The van der Waals surface area contributed by atoms with Gasteiger partial charge in [-0.2, -0.15) is 0 Å². The maximum atomic E-state index is 5.40. The van der Waals surface area contributed by atoms with Gasteiger partial charge in [-0.05, 0) is 48.9 Å². The molecule has 1 saturated carbocycles. The van der Waals surface area contributed by atoms with Crippen molar-refractivity contribution in [3.05, 3.63) is 29.8 Å². The minimum absolute atomic E-state index is 0.375. The van der Waals surface area contributed by atoms with E-state index in [0.29, 0.717) is 11.5 Å². The molecule has 20 heavy (non-hydrogen) atoms. The molecule has 0 heterocycles. The summed E-state index contributed by atoms with van der Waals surface area (Å²) in [6.45, 7) is 5.77. The molecule has 2 rings (SSSR count). The number of rotatable bonds is 6. The van der Waals surface area contributed by atoms with Crippen LogP contribution in [0, 0.1) is 5.41 Å². The monoisotopic (exact) mass is 275 g/mol. The van der Waals surface area contributed by atoms with Crippen molar-refractivity contribution >= 4 is 0 Å². The van der Waals surface area contributed by atoms with Gasteiger partial charge < -0.3 is 10.1 Å². The molecule has 0 amide bonds. The van der Waals surface area contributed by atoms with Gasteiger partial charge in [0, 0.05) is 6.04 Å².